The molecule has 100 valence electrons. The first-order valence-electron chi connectivity index (χ1n) is 5.46. The highest BCUT2D eigenvalue weighted by Gasteiger charge is 2.46. The first-order valence-corrected chi connectivity index (χ1v) is 5.46. The first-order chi connectivity index (χ1) is 8.41. The summed E-state index contributed by atoms with van der Waals surface area (Å²) in [6.07, 6.45) is -4.32. The Balaban J connectivity index is 2.32. The van der Waals surface area contributed by atoms with E-state index in [9.17, 15) is 20.1 Å². The van der Waals surface area contributed by atoms with E-state index in [2.05, 4.69) is 4.98 Å². The highest BCUT2D eigenvalue weighted by Crippen LogP contribution is 2.29. The van der Waals surface area contributed by atoms with Gasteiger partial charge in [-0.2, -0.15) is 4.98 Å². The van der Waals surface area contributed by atoms with Crippen molar-refractivity contribution in [3.63, 3.8) is 0 Å². The van der Waals surface area contributed by atoms with Crippen molar-refractivity contribution in [1.82, 2.24) is 9.55 Å². The molecule has 5 N–H and O–H groups in total. The van der Waals surface area contributed by atoms with Crippen molar-refractivity contribution in [2.24, 2.45) is 0 Å². The zero-order valence-corrected chi connectivity index (χ0v) is 9.67. The topological polar surface area (TPSA) is 131 Å². The molecule has 2 rings (SSSR count). The lowest BCUT2D eigenvalue weighted by Crippen LogP contribution is -2.38. The summed E-state index contributed by atoms with van der Waals surface area (Å²) >= 11 is 0. The van der Waals surface area contributed by atoms with Crippen LogP contribution >= 0.6 is 0 Å². The number of nitrogens with zero attached hydrogens (tertiary/aromatic N) is 2. The van der Waals surface area contributed by atoms with Crippen LogP contribution in [0, 0.1) is 0 Å². The molecule has 0 amide bonds. The lowest BCUT2D eigenvalue weighted by atomic mass is 10.1. The highest BCUT2D eigenvalue weighted by molar-refractivity contribution is 5.23. The Hall–Kier alpha value is -1.48. The number of aliphatic hydroxyl groups excluding tert-OH is 3. The number of hydrogen-bond acceptors (Lipinski definition) is 7. The standard InChI is InChI=1S/C10H15N3O5/c1-4(14)8-6(15)7(16)9(18-8)13-3-2-5(11)12-10(13)17/h2-4,6-9,14-16H,1H3,(H2,11,12,17)/t4?,6-,7-,8+,9+/m0/s1. The third-order valence-corrected chi connectivity index (χ3v) is 2.88. The van der Waals surface area contributed by atoms with E-state index in [-0.39, 0.29) is 5.82 Å². The fourth-order valence-electron chi connectivity index (χ4n) is 1.93. The van der Waals surface area contributed by atoms with Gasteiger partial charge < -0.3 is 25.8 Å². The summed E-state index contributed by atoms with van der Waals surface area (Å²) in [5, 5.41) is 28.9. The van der Waals surface area contributed by atoms with Gasteiger partial charge in [-0.1, -0.05) is 0 Å². The molecule has 8 nitrogen and oxygen atoms in total. The fraction of sp³-hybridized carbons (Fsp3) is 0.600. The van der Waals surface area contributed by atoms with Gasteiger partial charge in [0, 0.05) is 6.20 Å². The van der Waals surface area contributed by atoms with Crippen molar-refractivity contribution in [3.05, 3.63) is 22.7 Å². The molecule has 1 aromatic rings. The number of nitrogens with two attached hydrogens (primary N) is 1. The van der Waals surface area contributed by atoms with Crippen molar-refractivity contribution in [3.8, 4) is 0 Å². The summed E-state index contributed by atoms with van der Waals surface area (Å²) < 4.78 is 6.31. The molecule has 0 bridgehead atoms. The third-order valence-electron chi connectivity index (χ3n) is 2.88. The molecule has 1 fully saturated rings. The largest absolute Gasteiger partial charge is 0.391 e. The molecular weight excluding hydrogens is 242 g/mol. The Labute approximate surface area is 102 Å². The number of aromatic nitrogens is 2. The van der Waals surface area contributed by atoms with E-state index >= 15 is 0 Å². The molecule has 2 heterocycles. The molecule has 1 aliphatic heterocycles. The van der Waals surface area contributed by atoms with E-state index in [1.165, 1.54) is 19.2 Å². The number of aliphatic hydroxyl groups is 3. The van der Waals surface area contributed by atoms with Crippen LogP contribution in [0.4, 0.5) is 5.82 Å². The number of rotatable bonds is 2. The van der Waals surface area contributed by atoms with Crippen LogP contribution in [0.3, 0.4) is 0 Å². The van der Waals surface area contributed by atoms with Crippen LogP contribution in [-0.4, -0.2) is 49.3 Å². The van der Waals surface area contributed by atoms with Gasteiger partial charge in [-0.25, -0.2) is 4.79 Å². The number of hydrogen-bond donors (Lipinski definition) is 4. The molecular formula is C10H15N3O5. The van der Waals surface area contributed by atoms with E-state index in [1.807, 2.05) is 0 Å². The van der Waals surface area contributed by atoms with Gasteiger partial charge in [0.2, 0.25) is 0 Å². The van der Waals surface area contributed by atoms with Crippen LogP contribution in [0.2, 0.25) is 0 Å². The molecule has 8 heteroatoms. The molecule has 1 saturated heterocycles. The Morgan fingerprint density at radius 1 is 1.50 bits per heavy atom. The van der Waals surface area contributed by atoms with Gasteiger partial charge in [0.15, 0.2) is 6.23 Å². The molecule has 0 saturated carbocycles. The Morgan fingerprint density at radius 3 is 2.67 bits per heavy atom. The smallest absolute Gasteiger partial charge is 0.351 e. The van der Waals surface area contributed by atoms with Gasteiger partial charge in [0.05, 0.1) is 6.10 Å². The molecule has 0 spiro atoms. The molecule has 0 aromatic carbocycles. The second-order valence-electron chi connectivity index (χ2n) is 4.26. The summed E-state index contributed by atoms with van der Waals surface area (Å²) in [5.74, 6) is 0.0522. The predicted molar refractivity (Wildman–Crippen MR) is 60.5 cm³/mol. The summed E-state index contributed by atoms with van der Waals surface area (Å²) in [6.45, 7) is 1.42. The van der Waals surface area contributed by atoms with Crippen molar-refractivity contribution in [2.45, 2.75) is 37.6 Å². The second kappa shape index (κ2) is 4.65. The van der Waals surface area contributed by atoms with Gasteiger partial charge in [-0.3, -0.25) is 4.57 Å². The third kappa shape index (κ3) is 2.10. The van der Waals surface area contributed by atoms with E-state index in [0.717, 1.165) is 4.57 Å². The van der Waals surface area contributed by atoms with Crippen molar-refractivity contribution in [1.29, 1.82) is 0 Å². The zero-order valence-electron chi connectivity index (χ0n) is 9.67. The molecule has 1 aromatic heterocycles. The van der Waals surface area contributed by atoms with E-state index in [4.69, 9.17) is 10.5 Å². The second-order valence-corrected chi connectivity index (χ2v) is 4.26. The quantitative estimate of drug-likeness (QED) is 0.474. The van der Waals surface area contributed by atoms with Crippen LogP contribution in [0.5, 0.6) is 0 Å². The summed E-state index contributed by atoms with van der Waals surface area (Å²) in [5.41, 5.74) is 4.65. The summed E-state index contributed by atoms with van der Waals surface area (Å²) in [6, 6.07) is 1.37. The first kappa shape index (κ1) is 13.0. The van der Waals surface area contributed by atoms with E-state index in [1.54, 1.807) is 0 Å². The number of ether oxygens (including phenoxy) is 1. The van der Waals surface area contributed by atoms with E-state index < -0.39 is 36.3 Å². The summed E-state index contributed by atoms with van der Waals surface area (Å²) in [7, 11) is 0. The Bertz CT molecular complexity index is 489. The Morgan fingerprint density at radius 2 is 2.17 bits per heavy atom. The minimum Gasteiger partial charge on any atom is -0.391 e. The van der Waals surface area contributed by atoms with Crippen molar-refractivity contribution >= 4 is 5.82 Å². The van der Waals surface area contributed by atoms with Crippen molar-refractivity contribution < 1.29 is 20.1 Å². The number of nitrogen functional groups attached to an aromatic ring is 1. The highest BCUT2D eigenvalue weighted by atomic mass is 16.6. The average Bonchev–Trinajstić information content (AvgIpc) is 2.57. The molecule has 5 atom stereocenters. The maximum Gasteiger partial charge on any atom is 0.351 e. The van der Waals surface area contributed by atoms with Gasteiger partial charge in [-0.15, -0.1) is 0 Å². The molecule has 18 heavy (non-hydrogen) atoms. The normalized spacial score (nSPS) is 33.6. The minimum absolute atomic E-state index is 0.0522. The van der Waals surface area contributed by atoms with Crippen LogP contribution in [0.15, 0.2) is 17.1 Å². The molecule has 0 aliphatic carbocycles. The molecule has 0 radical (unpaired) electrons. The zero-order chi connectivity index (χ0) is 13.4. The maximum absolute atomic E-state index is 11.6. The Kier molecular flexibility index (Phi) is 3.35. The lowest BCUT2D eigenvalue weighted by Gasteiger charge is -2.17. The number of anilines is 1. The van der Waals surface area contributed by atoms with Crippen LogP contribution in [0.1, 0.15) is 13.2 Å². The van der Waals surface area contributed by atoms with Crippen LogP contribution < -0.4 is 11.4 Å². The monoisotopic (exact) mass is 257 g/mol. The lowest BCUT2D eigenvalue weighted by molar-refractivity contribution is -0.0803. The van der Waals surface area contributed by atoms with Crippen LogP contribution in [0.25, 0.3) is 0 Å². The average molecular weight is 257 g/mol. The molecule has 1 unspecified atom stereocenters. The van der Waals surface area contributed by atoms with Gasteiger partial charge in [-0.05, 0) is 13.0 Å². The molecule has 1 aliphatic rings. The maximum atomic E-state index is 11.6. The SMILES string of the molecule is CC(O)[C@H]1O[C@@H](n2ccc(N)nc2=O)[C@@H](O)[C@@H]1O. The van der Waals surface area contributed by atoms with Gasteiger partial charge >= 0.3 is 5.69 Å². The van der Waals surface area contributed by atoms with Gasteiger partial charge in [0.1, 0.15) is 24.1 Å². The van der Waals surface area contributed by atoms with Crippen molar-refractivity contribution in [2.75, 3.05) is 5.73 Å². The minimum atomic E-state index is -1.33. The van der Waals surface area contributed by atoms with Crippen LogP contribution in [-0.2, 0) is 4.74 Å². The van der Waals surface area contributed by atoms with Gasteiger partial charge in [0.25, 0.3) is 0 Å². The fourth-order valence-corrected chi connectivity index (χ4v) is 1.93. The van der Waals surface area contributed by atoms with E-state index in [0.29, 0.717) is 0 Å². The summed E-state index contributed by atoms with van der Waals surface area (Å²) in [4.78, 5) is 15.1. The predicted octanol–water partition coefficient (Wildman–Crippen LogP) is -2.17.